The molecule has 146 valence electrons. The lowest BCUT2D eigenvalue weighted by Gasteiger charge is -2.29. The van der Waals surface area contributed by atoms with Gasteiger partial charge in [-0.15, -0.1) is 0 Å². The van der Waals surface area contributed by atoms with E-state index >= 15 is 0 Å². The number of fused-ring (bicyclic) bond motifs is 1. The molecule has 0 saturated carbocycles. The SMILES string of the molecule is Cc1ccc2c(c1)OCC(=O)N2Cc1cccc(C(=O)NCc2ccncc2)c1. The first-order chi connectivity index (χ1) is 14.1. The van der Waals surface area contributed by atoms with Crippen LogP contribution in [0.5, 0.6) is 5.75 Å². The zero-order valence-electron chi connectivity index (χ0n) is 16.1. The highest BCUT2D eigenvalue weighted by Gasteiger charge is 2.25. The van der Waals surface area contributed by atoms with Gasteiger partial charge >= 0.3 is 0 Å². The summed E-state index contributed by atoms with van der Waals surface area (Å²) < 4.78 is 5.56. The van der Waals surface area contributed by atoms with E-state index in [9.17, 15) is 9.59 Å². The maximum Gasteiger partial charge on any atom is 0.265 e. The third-order valence-electron chi connectivity index (χ3n) is 4.79. The Morgan fingerprint density at radius 2 is 1.93 bits per heavy atom. The minimum absolute atomic E-state index is 0.0164. The zero-order chi connectivity index (χ0) is 20.2. The first-order valence-corrected chi connectivity index (χ1v) is 9.40. The Labute approximate surface area is 169 Å². The third kappa shape index (κ3) is 4.27. The normalized spacial score (nSPS) is 12.9. The number of ether oxygens (including phenoxy) is 1. The van der Waals surface area contributed by atoms with Gasteiger partial charge in [0.15, 0.2) is 6.61 Å². The van der Waals surface area contributed by atoms with Gasteiger partial charge in [0.25, 0.3) is 11.8 Å². The summed E-state index contributed by atoms with van der Waals surface area (Å²) >= 11 is 0. The van der Waals surface area contributed by atoms with E-state index in [0.717, 1.165) is 22.4 Å². The number of nitrogens with one attached hydrogen (secondary N) is 1. The van der Waals surface area contributed by atoms with Crippen molar-refractivity contribution in [2.24, 2.45) is 0 Å². The first-order valence-electron chi connectivity index (χ1n) is 9.40. The molecule has 2 heterocycles. The molecule has 0 atom stereocenters. The number of carbonyl (C=O) groups excluding carboxylic acids is 2. The molecular formula is C23H21N3O3. The van der Waals surface area contributed by atoms with Crippen LogP contribution in [0.1, 0.15) is 27.0 Å². The van der Waals surface area contributed by atoms with E-state index < -0.39 is 0 Å². The number of nitrogens with zero attached hydrogens (tertiary/aromatic N) is 2. The Hall–Kier alpha value is -3.67. The molecule has 2 amide bonds. The zero-order valence-corrected chi connectivity index (χ0v) is 16.1. The number of benzene rings is 2. The van der Waals surface area contributed by atoms with Crippen LogP contribution in [-0.4, -0.2) is 23.4 Å². The van der Waals surface area contributed by atoms with Crippen molar-refractivity contribution in [1.82, 2.24) is 10.3 Å². The van der Waals surface area contributed by atoms with Crippen molar-refractivity contribution in [3.05, 3.63) is 89.2 Å². The summed E-state index contributed by atoms with van der Waals surface area (Å²) in [6.45, 7) is 2.81. The van der Waals surface area contributed by atoms with Crippen LogP contribution in [0.15, 0.2) is 67.0 Å². The summed E-state index contributed by atoms with van der Waals surface area (Å²) in [4.78, 5) is 30.6. The number of anilines is 1. The van der Waals surface area contributed by atoms with Crippen molar-refractivity contribution < 1.29 is 14.3 Å². The maximum absolute atomic E-state index is 12.5. The molecule has 0 bridgehead atoms. The van der Waals surface area contributed by atoms with E-state index in [1.165, 1.54) is 0 Å². The van der Waals surface area contributed by atoms with E-state index in [2.05, 4.69) is 10.3 Å². The van der Waals surface area contributed by atoms with E-state index in [0.29, 0.717) is 24.4 Å². The average Bonchev–Trinajstić information content (AvgIpc) is 2.75. The molecule has 1 N–H and O–H groups in total. The summed E-state index contributed by atoms with van der Waals surface area (Å²) in [5, 5.41) is 2.91. The van der Waals surface area contributed by atoms with Crippen LogP contribution in [0.2, 0.25) is 0 Å². The molecule has 1 aliphatic heterocycles. The minimum Gasteiger partial charge on any atom is -0.482 e. The summed E-state index contributed by atoms with van der Waals surface area (Å²) in [6.07, 6.45) is 3.39. The largest absolute Gasteiger partial charge is 0.482 e. The number of pyridine rings is 1. The second kappa shape index (κ2) is 8.14. The molecule has 1 aromatic heterocycles. The molecule has 0 saturated heterocycles. The minimum atomic E-state index is -0.159. The molecule has 0 fully saturated rings. The average molecular weight is 387 g/mol. The van der Waals surface area contributed by atoms with Gasteiger partial charge in [0.05, 0.1) is 12.2 Å². The molecule has 3 aromatic rings. The number of aromatic nitrogens is 1. The molecule has 4 rings (SSSR count). The van der Waals surface area contributed by atoms with Gasteiger partial charge in [-0.1, -0.05) is 18.2 Å². The molecule has 0 aliphatic carbocycles. The predicted octanol–water partition coefficient (Wildman–Crippen LogP) is 3.25. The number of amides is 2. The molecule has 6 heteroatoms. The van der Waals surface area contributed by atoms with Crippen LogP contribution in [-0.2, 0) is 17.9 Å². The van der Waals surface area contributed by atoms with Crippen LogP contribution in [0.3, 0.4) is 0 Å². The monoisotopic (exact) mass is 387 g/mol. The van der Waals surface area contributed by atoms with Gasteiger partial charge in [-0.3, -0.25) is 14.6 Å². The van der Waals surface area contributed by atoms with Gasteiger partial charge in [0.2, 0.25) is 0 Å². The van der Waals surface area contributed by atoms with Crippen molar-refractivity contribution in [3.8, 4) is 5.75 Å². The molecule has 1 aliphatic rings. The first kappa shape index (κ1) is 18.7. The van der Waals surface area contributed by atoms with Gasteiger partial charge in [0.1, 0.15) is 5.75 Å². The molecule has 0 spiro atoms. The van der Waals surface area contributed by atoms with E-state index in [1.54, 1.807) is 23.4 Å². The quantitative estimate of drug-likeness (QED) is 0.730. The summed E-state index contributed by atoms with van der Waals surface area (Å²) in [6, 6.07) is 16.8. The smallest absolute Gasteiger partial charge is 0.265 e. The van der Waals surface area contributed by atoms with Crippen LogP contribution in [0.25, 0.3) is 0 Å². The Balaban J connectivity index is 1.49. The Morgan fingerprint density at radius 3 is 2.76 bits per heavy atom. The van der Waals surface area contributed by atoms with Gasteiger partial charge in [-0.05, 0) is 60.0 Å². The summed E-state index contributed by atoms with van der Waals surface area (Å²) in [7, 11) is 0. The lowest BCUT2D eigenvalue weighted by atomic mass is 10.1. The van der Waals surface area contributed by atoms with E-state index in [-0.39, 0.29) is 18.4 Å². The summed E-state index contributed by atoms with van der Waals surface area (Å²) in [5.74, 6) is 0.442. The van der Waals surface area contributed by atoms with E-state index in [4.69, 9.17) is 4.74 Å². The number of hydrogen-bond donors (Lipinski definition) is 1. The van der Waals surface area contributed by atoms with Crippen molar-refractivity contribution in [3.63, 3.8) is 0 Å². The van der Waals surface area contributed by atoms with Gasteiger partial charge < -0.3 is 15.0 Å². The Bertz CT molecular complexity index is 1050. The van der Waals surface area contributed by atoms with Crippen molar-refractivity contribution >= 4 is 17.5 Å². The molecule has 2 aromatic carbocycles. The van der Waals surface area contributed by atoms with Crippen molar-refractivity contribution in [1.29, 1.82) is 0 Å². The highest BCUT2D eigenvalue weighted by molar-refractivity contribution is 5.98. The highest BCUT2D eigenvalue weighted by atomic mass is 16.5. The lowest BCUT2D eigenvalue weighted by Crippen LogP contribution is -2.38. The Kier molecular flexibility index (Phi) is 5.24. The van der Waals surface area contributed by atoms with Gasteiger partial charge in [0, 0.05) is 24.5 Å². The van der Waals surface area contributed by atoms with Crippen molar-refractivity contribution in [2.45, 2.75) is 20.0 Å². The van der Waals surface area contributed by atoms with Crippen molar-refractivity contribution in [2.75, 3.05) is 11.5 Å². The maximum atomic E-state index is 12.5. The molecule has 29 heavy (non-hydrogen) atoms. The fraction of sp³-hybridized carbons (Fsp3) is 0.174. The molecule has 6 nitrogen and oxygen atoms in total. The van der Waals surface area contributed by atoms with Crippen LogP contribution in [0.4, 0.5) is 5.69 Å². The predicted molar refractivity (Wildman–Crippen MR) is 110 cm³/mol. The van der Waals surface area contributed by atoms with Crippen LogP contribution >= 0.6 is 0 Å². The molecular weight excluding hydrogens is 366 g/mol. The van der Waals surface area contributed by atoms with Gasteiger partial charge in [-0.25, -0.2) is 0 Å². The lowest BCUT2D eigenvalue weighted by molar-refractivity contribution is -0.121. The second-order valence-electron chi connectivity index (χ2n) is 6.98. The third-order valence-corrected chi connectivity index (χ3v) is 4.79. The number of hydrogen-bond acceptors (Lipinski definition) is 4. The van der Waals surface area contributed by atoms with Crippen LogP contribution < -0.4 is 15.0 Å². The van der Waals surface area contributed by atoms with Crippen LogP contribution in [0, 0.1) is 6.92 Å². The van der Waals surface area contributed by atoms with E-state index in [1.807, 2.05) is 55.5 Å². The Morgan fingerprint density at radius 1 is 1.10 bits per heavy atom. The second-order valence-corrected chi connectivity index (χ2v) is 6.98. The molecule has 0 radical (unpaired) electrons. The molecule has 0 unspecified atom stereocenters. The topological polar surface area (TPSA) is 71.5 Å². The van der Waals surface area contributed by atoms with Gasteiger partial charge in [-0.2, -0.15) is 0 Å². The number of carbonyl (C=O) groups is 2. The standard InChI is InChI=1S/C23H21N3O3/c1-16-5-6-20-21(11-16)29-15-22(27)26(20)14-18-3-2-4-19(12-18)23(28)25-13-17-7-9-24-10-8-17/h2-12H,13-15H2,1H3,(H,25,28). The fourth-order valence-electron chi connectivity index (χ4n) is 3.26. The fourth-order valence-corrected chi connectivity index (χ4v) is 3.26. The highest BCUT2D eigenvalue weighted by Crippen LogP contribution is 2.33. The number of aryl methyl sites for hydroxylation is 1. The summed E-state index contributed by atoms with van der Waals surface area (Å²) in [5.41, 5.74) is 4.24. The number of rotatable bonds is 5.